The summed E-state index contributed by atoms with van der Waals surface area (Å²) in [4.78, 5) is 11.7. The van der Waals surface area contributed by atoms with Gasteiger partial charge in [-0.15, -0.1) is 0 Å². The van der Waals surface area contributed by atoms with Crippen LogP contribution < -0.4 is 20.3 Å². The summed E-state index contributed by atoms with van der Waals surface area (Å²) < 4.78 is 5.51. The molecule has 1 aromatic carbocycles. The lowest BCUT2D eigenvalue weighted by atomic mass is 10.1. The summed E-state index contributed by atoms with van der Waals surface area (Å²) in [7, 11) is 1.71. The van der Waals surface area contributed by atoms with Crippen LogP contribution in [0, 0.1) is 6.92 Å². The quantitative estimate of drug-likeness (QED) is 0.554. The zero-order valence-corrected chi connectivity index (χ0v) is 17.9. The van der Waals surface area contributed by atoms with E-state index in [1.807, 2.05) is 12.3 Å². The van der Waals surface area contributed by atoms with Crippen LogP contribution in [-0.2, 0) is 13.1 Å². The lowest BCUT2D eigenvalue weighted by molar-refractivity contribution is 0.408. The van der Waals surface area contributed by atoms with Gasteiger partial charge in [0, 0.05) is 37.9 Å². The van der Waals surface area contributed by atoms with Crippen molar-refractivity contribution in [2.24, 2.45) is 4.99 Å². The summed E-state index contributed by atoms with van der Waals surface area (Å²) in [6.07, 6.45) is 5.72. The Labute approximate surface area is 174 Å². The molecule has 1 fully saturated rings. The number of nitrogens with zero attached hydrogens (tertiary/aromatic N) is 3. The fourth-order valence-corrected chi connectivity index (χ4v) is 3.54. The van der Waals surface area contributed by atoms with Gasteiger partial charge in [0.05, 0.1) is 13.7 Å². The fraction of sp³-hybridized carbons (Fsp3) is 0.478. The van der Waals surface area contributed by atoms with Gasteiger partial charge in [-0.1, -0.05) is 12.1 Å². The number of aliphatic imine (C=N–C) groups is 1. The van der Waals surface area contributed by atoms with Crippen molar-refractivity contribution in [1.82, 2.24) is 15.6 Å². The number of piperidine rings is 1. The molecule has 1 aliphatic heterocycles. The van der Waals surface area contributed by atoms with Crippen LogP contribution in [-0.4, -0.2) is 37.7 Å². The molecule has 1 saturated heterocycles. The number of aromatic nitrogens is 1. The minimum atomic E-state index is 0.615. The van der Waals surface area contributed by atoms with E-state index in [-0.39, 0.29) is 0 Å². The summed E-state index contributed by atoms with van der Waals surface area (Å²) in [5.74, 6) is 2.76. The second kappa shape index (κ2) is 10.7. The third-order valence-corrected chi connectivity index (χ3v) is 5.14. The van der Waals surface area contributed by atoms with Crippen molar-refractivity contribution in [3.63, 3.8) is 0 Å². The molecule has 3 rings (SSSR count). The van der Waals surface area contributed by atoms with Crippen LogP contribution in [0.5, 0.6) is 5.75 Å². The summed E-state index contributed by atoms with van der Waals surface area (Å²) in [6, 6.07) is 10.5. The lowest BCUT2D eigenvalue weighted by Crippen LogP contribution is -2.36. The van der Waals surface area contributed by atoms with Crippen LogP contribution in [0.2, 0.25) is 0 Å². The zero-order valence-electron chi connectivity index (χ0n) is 17.9. The molecule has 0 spiro atoms. The number of anilines is 1. The van der Waals surface area contributed by atoms with Crippen LogP contribution in [0.4, 0.5) is 5.82 Å². The molecular formula is C23H33N5O. The number of ether oxygens (including phenoxy) is 1. The van der Waals surface area contributed by atoms with E-state index in [0.717, 1.165) is 42.7 Å². The summed E-state index contributed by atoms with van der Waals surface area (Å²) in [5, 5.41) is 6.73. The Hall–Kier alpha value is -2.76. The van der Waals surface area contributed by atoms with Crippen LogP contribution in [0.15, 0.2) is 41.5 Å². The third kappa shape index (κ3) is 6.11. The molecule has 2 N–H and O–H groups in total. The van der Waals surface area contributed by atoms with E-state index in [9.17, 15) is 0 Å². The maximum atomic E-state index is 5.51. The number of hydrogen-bond acceptors (Lipinski definition) is 4. The fourth-order valence-electron chi connectivity index (χ4n) is 3.54. The smallest absolute Gasteiger partial charge is 0.191 e. The number of pyridine rings is 1. The Morgan fingerprint density at radius 3 is 2.72 bits per heavy atom. The number of hydrogen-bond donors (Lipinski definition) is 2. The first-order chi connectivity index (χ1) is 14.2. The van der Waals surface area contributed by atoms with Gasteiger partial charge >= 0.3 is 0 Å². The predicted octanol–water partition coefficient (Wildman–Crippen LogP) is 3.64. The minimum Gasteiger partial charge on any atom is -0.496 e. The van der Waals surface area contributed by atoms with E-state index >= 15 is 0 Å². The van der Waals surface area contributed by atoms with Crippen LogP contribution >= 0.6 is 0 Å². The van der Waals surface area contributed by atoms with Gasteiger partial charge in [0.15, 0.2) is 5.96 Å². The first-order valence-corrected chi connectivity index (χ1v) is 10.5. The van der Waals surface area contributed by atoms with E-state index in [2.05, 4.69) is 58.6 Å². The number of nitrogens with one attached hydrogen (secondary N) is 2. The van der Waals surface area contributed by atoms with Gasteiger partial charge in [0.1, 0.15) is 11.6 Å². The SMILES string of the molecule is CCNC(=NCc1ccnc(N2CCCCC2)c1)NCc1ccc(C)cc1OC. The molecule has 0 unspecified atom stereocenters. The molecule has 0 atom stereocenters. The first-order valence-electron chi connectivity index (χ1n) is 10.5. The highest BCUT2D eigenvalue weighted by molar-refractivity contribution is 5.79. The van der Waals surface area contributed by atoms with Gasteiger partial charge < -0.3 is 20.3 Å². The Kier molecular flexibility index (Phi) is 7.73. The molecule has 0 amide bonds. The monoisotopic (exact) mass is 395 g/mol. The van der Waals surface area contributed by atoms with Gasteiger partial charge in [-0.2, -0.15) is 0 Å². The summed E-state index contributed by atoms with van der Waals surface area (Å²) in [6.45, 7) is 8.42. The van der Waals surface area contributed by atoms with Crippen LogP contribution in [0.3, 0.4) is 0 Å². The number of benzene rings is 1. The van der Waals surface area contributed by atoms with E-state index in [0.29, 0.717) is 13.1 Å². The molecule has 1 aliphatic rings. The van der Waals surface area contributed by atoms with Crippen molar-refractivity contribution in [3.8, 4) is 5.75 Å². The van der Waals surface area contributed by atoms with Gasteiger partial charge in [0.2, 0.25) is 0 Å². The molecule has 29 heavy (non-hydrogen) atoms. The van der Waals surface area contributed by atoms with Crippen LogP contribution in [0.25, 0.3) is 0 Å². The number of aryl methyl sites for hydroxylation is 1. The highest BCUT2D eigenvalue weighted by Crippen LogP contribution is 2.20. The second-order valence-corrected chi connectivity index (χ2v) is 7.43. The van der Waals surface area contributed by atoms with Crippen LogP contribution in [0.1, 0.15) is 42.9 Å². The highest BCUT2D eigenvalue weighted by Gasteiger charge is 2.12. The van der Waals surface area contributed by atoms with Crippen molar-refractivity contribution in [2.45, 2.75) is 46.2 Å². The Morgan fingerprint density at radius 2 is 1.97 bits per heavy atom. The molecule has 0 aliphatic carbocycles. The molecule has 6 nitrogen and oxygen atoms in total. The average molecular weight is 396 g/mol. The molecule has 0 bridgehead atoms. The van der Waals surface area contributed by atoms with Gasteiger partial charge in [-0.3, -0.25) is 0 Å². The Bertz CT molecular complexity index is 815. The molecule has 2 aromatic rings. The number of guanidine groups is 1. The van der Waals surface area contributed by atoms with E-state index in [1.165, 1.54) is 30.4 Å². The first kappa shape index (κ1) is 21.0. The van der Waals surface area contributed by atoms with Crippen molar-refractivity contribution < 1.29 is 4.74 Å². The van der Waals surface area contributed by atoms with Crippen molar-refractivity contribution >= 4 is 11.8 Å². The summed E-state index contributed by atoms with van der Waals surface area (Å²) >= 11 is 0. The molecule has 156 valence electrons. The topological polar surface area (TPSA) is 61.8 Å². The molecule has 0 radical (unpaired) electrons. The molecule has 6 heteroatoms. The van der Waals surface area contributed by atoms with E-state index in [4.69, 9.17) is 9.73 Å². The highest BCUT2D eigenvalue weighted by atomic mass is 16.5. The number of rotatable bonds is 7. The van der Waals surface area contributed by atoms with Gasteiger partial charge in [-0.25, -0.2) is 9.98 Å². The second-order valence-electron chi connectivity index (χ2n) is 7.43. The molecular weight excluding hydrogens is 362 g/mol. The average Bonchev–Trinajstić information content (AvgIpc) is 2.77. The minimum absolute atomic E-state index is 0.615. The third-order valence-electron chi connectivity index (χ3n) is 5.14. The van der Waals surface area contributed by atoms with Crippen molar-refractivity contribution in [2.75, 3.05) is 31.6 Å². The standard InChI is InChI=1S/C23H33N5O/c1-4-24-23(27-17-20-9-8-18(2)14-21(20)29-3)26-16-19-10-11-25-22(15-19)28-12-6-5-7-13-28/h8-11,14-15H,4-7,12-13,16-17H2,1-3H3,(H2,24,26,27). The van der Waals surface area contributed by atoms with E-state index in [1.54, 1.807) is 7.11 Å². The molecule has 0 saturated carbocycles. The molecule has 2 heterocycles. The maximum Gasteiger partial charge on any atom is 0.191 e. The number of methoxy groups -OCH3 is 1. The zero-order chi connectivity index (χ0) is 20.5. The summed E-state index contributed by atoms with van der Waals surface area (Å²) in [5.41, 5.74) is 3.47. The normalized spacial score (nSPS) is 14.6. The van der Waals surface area contributed by atoms with Gasteiger partial charge in [0.25, 0.3) is 0 Å². The van der Waals surface area contributed by atoms with Crippen molar-refractivity contribution in [1.29, 1.82) is 0 Å². The molecule has 1 aromatic heterocycles. The largest absolute Gasteiger partial charge is 0.496 e. The lowest BCUT2D eigenvalue weighted by Gasteiger charge is -2.27. The predicted molar refractivity (Wildman–Crippen MR) is 120 cm³/mol. The maximum absolute atomic E-state index is 5.51. The van der Waals surface area contributed by atoms with E-state index < -0.39 is 0 Å². The Balaban J connectivity index is 1.65. The van der Waals surface area contributed by atoms with Crippen molar-refractivity contribution in [3.05, 3.63) is 53.2 Å². The Morgan fingerprint density at radius 1 is 1.14 bits per heavy atom. The van der Waals surface area contributed by atoms with Gasteiger partial charge in [-0.05, 0) is 62.4 Å².